The predicted molar refractivity (Wildman–Crippen MR) is 128 cm³/mol. The SMILES string of the molecule is O=C(Nc1ccc(N2CCCN(C(=O)c3cccc(Cl)c3)CC2)nc1)c1cccc(C(F)(F)F)c1. The van der Waals surface area contributed by atoms with Crippen molar-refractivity contribution in [1.82, 2.24) is 9.88 Å². The van der Waals surface area contributed by atoms with Crippen LogP contribution in [0.2, 0.25) is 5.02 Å². The first-order chi connectivity index (χ1) is 16.7. The predicted octanol–water partition coefficient (Wildman–Crippen LogP) is 5.36. The fourth-order valence-corrected chi connectivity index (χ4v) is 4.03. The number of benzene rings is 2. The molecule has 2 aromatic carbocycles. The van der Waals surface area contributed by atoms with Crippen LogP contribution in [0, 0.1) is 0 Å². The van der Waals surface area contributed by atoms with Crippen molar-refractivity contribution < 1.29 is 22.8 Å². The Hall–Kier alpha value is -3.59. The van der Waals surface area contributed by atoms with E-state index in [-0.39, 0.29) is 11.5 Å². The zero-order valence-corrected chi connectivity index (χ0v) is 19.3. The summed E-state index contributed by atoms with van der Waals surface area (Å²) in [5.41, 5.74) is -0.0720. The molecule has 6 nitrogen and oxygen atoms in total. The van der Waals surface area contributed by atoms with Crippen LogP contribution in [0.5, 0.6) is 0 Å². The molecule has 1 aliphatic rings. The number of carbonyl (C=O) groups excluding carboxylic acids is 2. The number of anilines is 2. The van der Waals surface area contributed by atoms with E-state index in [0.717, 1.165) is 18.6 Å². The molecular weight excluding hydrogens is 481 g/mol. The van der Waals surface area contributed by atoms with E-state index in [9.17, 15) is 22.8 Å². The summed E-state index contributed by atoms with van der Waals surface area (Å²) in [7, 11) is 0. The highest BCUT2D eigenvalue weighted by atomic mass is 35.5. The van der Waals surface area contributed by atoms with E-state index in [1.54, 1.807) is 41.3 Å². The maximum absolute atomic E-state index is 12.9. The van der Waals surface area contributed by atoms with Crippen molar-refractivity contribution >= 4 is 34.9 Å². The number of carbonyl (C=O) groups is 2. The van der Waals surface area contributed by atoms with Gasteiger partial charge < -0.3 is 15.1 Å². The number of rotatable bonds is 4. The third kappa shape index (κ3) is 6.10. The number of hydrogen-bond donors (Lipinski definition) is 1. The lowest BCUT2D eigenvalue weighted by Gasteiger charge is -2.23. The van der Waals surface area contributed by atoms with Crippen LogP contribution in [0.1, 0.15) is 32.7 Å². The topological polar surface area (TPSA) is 65.5 Å². The zero-order valence-electron chi connectivity index (χ0n) is 18.6. The van der Waals surface area contributed by atoms with Gasteiger partial charge in [0.25, 0.3) is 11.8 Å². The summed E-state index contributed by atoms with van der Waals surface area (Å²) in [5.74, 6) is -0.0512. The highest BCUT2D eigenvalue weighted by Gasteiger charge is 2.31. The Morgan fingerprint density at radius 2 is 1.69 bits per heavy atom. The van der Waals surface area contributed by atoms with Gasteiger partial charge in [0.05, 0.1) is 17.4 Å². The van der Waals surface area contributed by atoms with Crippen LogP contribution in [-0.2, 0) is 6.18 Å². The molecule has 1 saturated heterocycles. The van der Waals surface area contributed by atoms with Crippen molar-refractivity contribution in [2.24, 2.45) is 0 Å². The lowest BCUT2D eigenvalue weighted by Crippen LogP contribution is -2.35. The number of hydrogen-bond acceptors (Lipinski definition) is 4. The smallest absolute Gasteiger partial charge is 0.355 e. The summed E-state index contributed by atoms with van der Waals surface area (Å²) in [6, 6.07) is 14.5. The molecule has 35 heavy (non-hydrogen) atoms. The fourth-order valence-electron chi connectivity index (χ4n) is 3.84. The van der Waals surface area contributed by atoms with Gasteiger partial charge in [-0.3, -0.25) is 9.59 Å². The second-order valence-electron chi connectivity index (χ2n) is 8.08. The Morgan fingerprint density at radius 3 is 2.40 bits per heavy atom. The van der Waals surface area contributed by atoms with Gasteiger partial charge in [-0.25, -0.2) is 4.98 Å². The van der Waals surface area contributed by atoms with Gasteiger partial charge >= 0.3 is 6.18 Å². The third-order valence-electron chi connectivity index (χ3n) is 5.64. The van der Waals surface area contributed by atoms with E-state index in [1.807, 2.05) is 4.90 Å². The van der Waals surface area contributed by atoms with Gasteiger partial charge in [-0.2, -0.15) is 13.2 Å². The molecule has 0 atom stereocenters. The van der Waals surface area contributed by atoms with E-state index in [2.05, 4.69) is 10.3 Å². The van der Waals surface area contributed by atoms with Crippen LogP contribution >= 0.6 is 11.6 Å². The minimum Gasteiger partial charge on any atom is -0.355 e. The molecular formula is C25H22ClF3N4O2. The standard InChI is InChI=1S/C25H22ClF3N4O2/c26-20-7-2-5-18(15-20)24(35)33-11-3-10-32(12-13-33)22-9-8-21(16-30-22)31-23(34)17-4-1-6-19(14-17)25(27,28)29/h1-2,4-9,14-16H,3,10-13H2,(H,31,34). The molecule has 4 rings (SSSR count). The molecule has 182 valence electrons. The first-order valence-corrected chi connectivity index (χ1v) is 11.3. The Labute approximate surface area is 205 Å². The molecule has 10 heteroatoms. The van der Waals surface area contributed by atoms with Crippen LogP contribution in [0.4, 0.5) is 24.7 Å². The molecule has 0 spiro atoms. The van der Waals surface area contributed by atoms with Crippen molar-refractivity contribution in [3.05, 3.63) is 88.6 Å². The minimum atomic E-state index is -4.53. The van der Waals surface area contributed by atoms with E-state index in [0.29, 0.717) is 48.3 Å². The lowest BCUT2D eigenvalue weighted by molar-refractivity contribution is -0.137. The van der Waals surface area contributed by atoms with Crippen molar-refractivity contribution in [2.45, 2.75) is 12.6 Å². The van der Waals surface area contributed by atoms with E-state index >= 15 is 0 Å². The second kappa shape index (κ2) is 10.4. The molecule has 0 radical (unpaired) electrons. The van der Waals surface area contributed by atoms with Gasteiger partial charge in [0.2, 0.25) is 0 Å². The van der Waals surface area contributed by atoms with Crippen molar-refractivity contribution in [1.29, 1.82) is 0 Å². The first-order valence-electron chi connectivity index (χ1n) is 11.0. The maximum atomic E-state index is 12.9. The van der Waals surface area contributed by atoms with Gasteiger partial charge in [0.1, 0.15) is 5.82 Å². The number of aromatic nitrogens is 1. The van der Waals surface area contributed by atoms with Crippen LogP contribution in [0.25, 0.3) is 0 Å². The van der Waals surface area contributed by atoms with E-state index in [4.69, 9.17) is 11.6 Å². The number of alkyl halides is 3. The highest BCUT2D eigenvalue weighted by molar-refractivity contribution is 6.30. The van der Waals surface area contributed by atoms with Gasteiger partial charge in [0, 0.05) is 42.3 Å². The molecule has 0 bridgehead atoms. The number of halogens is 4. The Bertz CT molecular complexity index is 1220. The van der Waals surface area contributed by atoms with Crippen LogP contribution in [-0.4, -0.2) is 47.9 Å². The van der Waals surface area contributed by atoms with E-state index in [1.165, 1.54) is 18.3 Å². The minimum absolute atomic E-state index is 0.0741. The summed E-state index contributed by atoms with van der Waals surface area (Å²) >= 11 is 6.01. The average molecular weight is 503 g/mol. The quantitative estimate of drug-likeness (QED) is 0.522. The third-order valence-corrected chi connectivity index (χ3v) is 5.87. The van der Waals surface area contributed by atoms with Crippen molar-refractivity contribution in [2.75, 3.05) is 36.4 Å². The molecule has 0 aliphatic carbocycles. The van der Waals surface area contributed by atoms with Crippen LogP contribution in [0.3, 0.4) is 0 Å². The first kappa shape index (κ1) is 24.5. The number of pyridine rings is 1. The number of nitrogens with zero attached hydrogens (tertiary/aromatic N) is 3. The van der Waals surface area contributed by atoms with Crippen molar-refractivity contribution in [3.63, 3.8) is 0 Å². The molecule has 0 saturated carbocycles. The van der Waals surface area contributed by atoms with Crippen LogP contribution < -0.4 is 10.2 Å². The fraction of sp³-hybridized carbons (Fsp3) is 0.240. The maximum Gasteiger partial charge on any atom is 0.416 e. The number of amides is 2. The summed E-state index contributed by atoms with van der Waals surface area (Å²) < 4.78 is 38.7. The second-order valence-corrected chi connectivity index (χ2v) is 8.52. The average Bonchev–Trinajstić information content (AvgIpc) is 3.10. The zero-order chi connectivity index (χ0) is 25.0. The monoisotopic (exact) mass is 502 g/mol. The molecule has 3 aromatic rings. The normalized spacial score (nSPS) is 14.4. The van der Waals surface area contributed by atoms with Crippen molar-refractivity contribution in [3.8, 4) is 0 Å². The summed E-state index contributed by atoms with van der Waals surface area (Å²) in [6.07, 6.45) is -2.32. The lowest BCUT2D eigenvalue weighted by atomic mass is 10.1. The van der Waals surface area contributed by atoms with Gasteiger partial charge in [-0.1, -0.05) is 23.7 Å². The summed E-state index contributed by atoms with van der Waals surface area (Å²) in [5, 5.41) is 3.08. The molecule has 1 aromatic heterocycles. The van der Waals surface area contributed by atoms with Gasteiger partial charge in [-0.05, 0) is 55.0 Å². The summed E-state index contributed by atoms with van der Waals surface area (Å²) in [4.78, 5) is 33.4. The summed E-state index contributed by atoms with van der Waals surface area (Å²) in [6.45, 7) is 2.39. The highest BCUT2D eigenvalue weighted by Crippen LogP contribution is 2.29. The molecule has 1 N–H and O–H groups in total. The molecule has 2 heterocycles. The largest absolute Gasteiger partial charge is 0.416 e. The molecule has 1 aliphatic heterocycles. The van der Waals surface area contributed by atoms with Crippen LogP contribution in [0.15, 0.2) is 66.9 Å². The number of nitrogens with one attached hydrogen (secondary N) is 1. The van der Waals surface area contributed by atoms with Gasteiger partial charge in [-0.15, -0.1) is 0 Å². The Kier molecular flexibility index (Phi) is 7.25. The molecule has 1 fully saturated rings. The van der Waals surface area contributed by atoms with E-state index < -0.39 is 17.6 Å². The molecule has 2 amide bonds. The Balaban J connectivity index is 1.37. The van der Waals surface area contributed by atoms with Gasteiger partial charge in [0.15, 0.2) is 0 Å². The Morgan fingerprint density at radius 1 is 0.914 bits per heavy atom. The molecule has 0 unspecified atom stereocenters.